The number of methoxy groups -OCH3 is 1. The largest absolute Gasteiger partial charge is 0.383 e. The van der Waals surface area contributed by atoms with Gasteiger partial charge in [-0.25, -0.2) is 9.69 Å². The van der Waals surface area contributed by atoms with Crippen molar-refractivity contribution in [3.05, 3.63) is 65.4 Å². The van der Waals surface area contributed by atoms with Crippen LogP contribution in [-0.2, 0) is 16.0 Å². The van der Waals surface area contributed by atoms with Crippen molar-refractivity contribution in [3.63, 3.8) is 0 Å². The third-order valence-corrected chi connectivity index (χ3v) is 6.31. The summed E-state index contributed by atoms with van der Waals surface area (Å²) in [7, 11) is 1.55. The Balaban J connectivity index is 1.51. The number of fused-ring (bicyclic) bond motifs is 4. The van der Waals surface area contributed by atoms with E-state index in [9.17, 15) is 14.4 Å². The number of carbonyl (C=O) groups is 3. The van der Waals surface area contributed by atoms with E-state index < -0.39 is 12.1 Å². The lowest BCUT2D eigenvalue weighted by molar-refractivity contribution is -0.120. The van der Waals surface area contributed by atoms with Crippen LogP contribution in [0, 0.1) is 0 Å². The molecule has 0 spiro atoms. The van der Waals surface area contributed by atoms with Gasteiger partial charge in [0.2, 0.25) is 0 Å². The lowest BCUT2D eigenvalue weighted by atomic mass is 9.93. The number of imide groups is 1. The Morgan fingerprint density at radius 1 is 1.16 bits per heavy atom. The number of aromatic amines is 1. The zero-order valence-corrected chi connectivity index (χ0v) is 17.9. The van der Waals surface area contributed by atoms with Gasteiger partial charge in [-0.15, -0.1) is 0 Å². The zero-order chi connectivity index (χ0) is 22.4. The summed E-state index contributed by atoms with van der Waals surface area (Å²) >= 11 is 0. The van der Waals surface area contributed by atoms with Crippen LogP contribution in [0.15, 0.2) is 48.5 Å². The molecule has 3 aromatic rings. The molecular weight excluding hydrogens is 408 g/mol. The normalized spacial score (nSPS) is 19.9. The van der Waals surface area contributed by atoms with Crippen molar-refractivity contribution >= 4 is 34.4 Å². The lowest BCUT2D eigenvalue weighted by Crippen LogP contribution is -2.42. The number of amides is 4. The SMILES string of the molecule is COCCNC(=O)c1ccccc1N1C(=O)[C@@H]2Cc3c([nH]c4ccccc34)[C@H](C)N2C1=O. The lowest BCUT2D eigenvalue weighted by Gasteiger charge is -2.33. The standard InChI is InChI=1S/C24H24N4O4/c1-14-21-17(15-7-3-5-9-18(15)26-21)13-20-23(30)28(24(31)27(14)20)19-10-6-4-8-16(19)22(29)25-11-12-32-2/h3-10,14,20,26H,11-13H2,1-2H3,(H,25,29)/t14-,20-/m0/s1. The van der Waals surface area contributed by atoms with Gasteiger partial charge in [-0.1, -0.05) is 30.3 Å². The molecule has 3 heterocycles. The predicted octanol–water partition coefficient (Wildman–Crippen LogP) is 3.00. The minimum atomic E-state index is -0.603. The minimum absolute atomic E-state index is 0.279. The number of rotatable bonds is 5. The summed E-state index contributed by atoms with van der Waals surface area (Å²) in [5.41, 5.74) is 3.61. The molecule has 0 saturated carbocycles. The summed E-state index contributed by atoms with van der Waals surface area (Å²) in [5.74, 6) is -0.665. The van der Waals surface area contributed by atoms with E-state index >= 15 is 0 Å². The van der Waals surface area contributed by atoms with Gasteiger partial charge in [0.25, 0.3) is 11.8 Å². The fraction of sp³-hybridized carbons (Fsp3) is 0.292. The van der Waals surface area contributed by atoms with Crippen LogP contribution in [0.1, 0.15) is 34.6 Å². The first kappa shape index (κ1) is 20.3. The third kappa shape index (κ3) is 2.98. The molecular formula is C24H24N4O4. The fourth-order valence-corrected chi connectivity index (χ4v) is 4.81. The number of aromatic nitrogens is 1. The summed E-state index contributed by atoms with van der Waals surface area (Å²) in [4.78, 5) is 45.9. The van der Waals surface area contributed by atoms with E-state index in [1.807, 2.05) is 31.2 Å². The number of hydrogen-bond donors (Lipinski definition) is 2. The van der Waals surface area contributed by atoms with Gasteiger partial charge in [-0.3, -0.25) is 9.59 Å². The van der Waals surface area contributed by atoms with Crippen LogP contribution in [0.3, 0.4) is 0 Å². The Morgan fingerprint density at radius 2 is 1.91 bits per heavy atom. The molecule has 1 aromatic heterocycles. The van der Waals surface area contributed by atoms with E-state index in [4.69, 9.17) is 4.74 Å². The predicted molar refractivity (Wildman–Crippen MR) is 120 cm³/mol. The van der Waals surface area contributed by atoms with Crippen LogP contribution in [0.4, 0.5) is 10.5 Å². The number of carbonyl (C=O) groups excluding carboxylic acids is 3. The van der Waals surface area contributed by atoms with Crippen LogP contribution >= 0.6 is 0 Å². The van der Waals surface area contributed by atoms with Crippen LogP contribution in [0.2, 0.25) is 0 Å². The fourth-order valence-electron chi connectivity index (χ4n) is 4.81. The maximum atomic E-state index is 13.5. The molecule has 2 aliphatic rings. The number of benzene rings is 2. The molecule has 0 unspecified atom stereocenters. The van der Waals surface area contributed by atoms with Crippen molar-refractivity contribution in [3.8, 4) is 0 Å². The van der Waals surface area contributed by atoms with Crippen LogP contribution < -0.4 is 10.2 Å². The van der Waals surface area contributed by atoms with E-state index in [0.717, 1.165) is 27.1 Å². The van der Waals surface area contributed by atoms with Gasteiger partial charge in [-0.2, -0.15) is 0 Å². The van der Waals surface area contributed by atoms with Crippen molar-refractivity contribution in [2.75, 3.05) is 25.2 Å². The summed E-state index contributed by atoms with van der Waals surface area (Å²) < 4.78 is 4.98. The summed E-state index contributed by atoms with van der Waals surface area (Å²) in [6, 6.07) is 13.4. The third-order valence-electron chi connectivity index (χ3n) is 6.31. The van der Waals surface area contributed by atoms with Gasteiger partial charge in [0.05, 0.1) is 23.9 Å². The summed E-state index contributed by atoms with van der Waals surface area (Å²) in [6.45, 7) is 2.63. The van der Waals surface area contributed by atoms with Gasteiger partial charge in [0.15, 0.2) is 0 Å². The highest BCUT2D eigenvalue weighted by Crippen LogP contribution is 2.42. The zero-order valence-electron chi connectivity index (χ0n) is 17.9. The summed E-state index contributed by atoms with van der Waals surface area (Å²) in [6.07, 6.45) is 0.437. The molecule has 1 saturated heterocycles. The molecule has 2 N–H and O–H groups in total. The first-order chi connectivity index (χ1) is 15.5. The molecule has 0 bridgehead atoms. The topological polar surface area (TPSA) is 94.7 Å². The number of H-pyrrole nitrogens is 1. The van der Waals surface area contributed by atoms with Gasteiger partial charge in [0.1, 0.15) is 6.04 Å². The van der Waals surface area contributed by atoms with Crippen molar-refractivity contribution in [2.45, 2.75) is 25.4 Å². The number of anilines is 1. The van der Waals surface area contributed by atoms with Gasteiger partial charge < -0.3 is 19.9 Å². The van der Waals surface area contributed by atoms with Crippen molar-refractivity contribution in [1.82, 2.24) is 15.2 Å². The average molecular weight is 432 g/mol. The van der Waals surface area contributed by atoms with Crippen molar-refractivity contribution in [2.24, 2.45) is 0 Å². The molecule has 0 radical (unpaired) electrons. The van der Waals surface area contributed by atoms with E-state index in [1.54, 1.807) is 36.3 Å². The van der Waals surface area contributed by atoms with Gasteiger partial charge in [-0.05, 0) is 30.7 Å². The molecule has 164 valence electrons. The second-order valence-electron chi connectivity index (χ2n) is 8.09. The number of nitrogens with one attached hydrogen (secondary N) is 2. The molecule has 4 amide bonds. The van der Waals surface area contributed by atoms with E-state index in [1.165, 1.54) is 0 Å². The molecule has 32 heavy (non-hydrogen) atoms. The van der Waals surface area contributed by atoms with Gasteiger partial charge >= 0.3 is 6.03 Å². The molecule has 2 aliphatic heterocycles. The van der Waals surface area contributed by atoms with E-state index in [2.05, 4.69) is 10.3 Å². The number of urea groups is 1. The number of ether oxygens (including phenoxy) is 1. The molecule has 2 aromatic carbocycles. The molecule has 8 nitrogen and oxygen atoms in total. The van der Waals surface area contributed by atoms with Gasteiger partial charge in [0, 0.05) is 36.7 Å². The Hall–Kier alpha value is -3.65. The minimum Gasteiger partial charge on any atom is -0.383 e. The van der Waals surface area contributed by atoms with Crippen molar-refractivity contribution in [1.29, 1.82) is 0 Å². The highest BCUT2D eigenvalue weighted by atomic mass is 16.5. The van der Waals surface area contributed by atoms with Crippen molar-refractivity contribution < 1.29 is 19.1 Å². The Bertz CT molecular complexity index is 1230. The van der Waals surface area contributed by atoms with E-state index in [-0.39, 0.29) is 23.4 Å². The second-order valence-corrected chi connectivity index (χ2v) is 8.09. The Morgan fingerprint density at radius 3 is 2.72 bits per heavy atom. The van der Waals surface area contributed by atoms with Crippen LogP contribution in [0.5, 0.6) is 0 Å². The Labute approximate surface area is 185 Å². The quantitative estimate of drug-likeness (QED) is 0.479. The number of para-hydroxylation sites is 2. The van der Waals surface area contributed by atoms with Crippen LogP contribution in [0.25, 0.3) is 10.9 Å². The first-order valence-corrected chi connectivity index (χ1v) is 10.6. The smallest absolute Gasteiger partial charge is 0.332 e. The first-order valence-electron chi connectivity index (χ1n) is 10.6. The monoisotopic (exact) mass is 432 g/mol. The number of nitrogens with zero attached hydrogens (tertiary/aromatic N) is 2. The maximum Gasteiger partial charge on any atom is 0.332 e. The molecule has 1 fully saturated rings. The number of hydrogen-bond acceptors (Lipinski definition) is 4. The summed E-state index contributed by atoms with van der Waals surface area (Å²) in [5, 5.41) is 3.84. The highest BCUT2D eigenvalue weighted by Gasteiger charge is 2.52. The molecule has 2 atom stereocenters. The highest BCUT2D eigenvalue weighted by molar-refractivity contribution is 6.24. The Kier molecular flexibility index (Phi) is 4.94. The van der Waals surface area contributed by atoms with Crippen LogP contribution in [-0.4, -0.2) is 54.0 Å². The average Bonchev–Trinajstić information content (AvgIpc) is 3.30. The van der Waals surface area contributed by atoms with E-state index in [0.29, 0.717) is 25.3 Å². The molecule has 8 heteroatoms. The maximum absolute atomic E-state index is 13.5. The molecule has 0 aliphatic carbocycles. The second kappa shape index (κ2) is 7.80. The molecule has 5 rings (SSSR count).